The van der Waals surface area contributed by atoms with Crippen LogP contribution in [0.15, 0.2) is 54.7 Å². The van der Waals surface area contributed by atoms with Crippen LogP contribution in [0, 0.1) is 28.6 Å². The number of piperidine rings is 5. The third kappa shape index (κ3) is 8.76. The first-order valence-electron chi connectivity index (χ1n) is 22.5. The number of rotatable bonds is 8. The van der Waals surface area contributed by atoms with E-state index in [-0.39, 0.29) is 24.7 Å². The smallest absolute Gasteiger partial charge is 0.371 e. The number of nitrogens with one attached hydrogen (secondary N) is 2. The van der Waals surface area contributed by atoms with Crippen LogP contribution < -0.4 is 25.3 Å². The Morgan fingerprint density at radius 1 is 0.766 bits per heavy atom. The Balaban J connectivity index is 0.688. The second kappa shape index (κ2) is 17.5. The van der Waals surface area contributed by atoms with Gasteiger partial charge in [0.15, 0.2) is 0 Å². The second-order valence-corrected chi connectivity index (χ2v) is 18.4. The number of hydrogen-bond acceptors (Lipinski definition) is 11. The van der Waals surface area contributed by atoms with E-state index in [1.54, 1.807) is 24.4 Å². The lowest BCUT2D eigenvalue weighted by atomic mass is 9.71. The molecule has 2 aromatic carbocycles. The van der Waals surface area contributed by atoms with Crippen LogP contribution in [0.1, 0.15) is 96.1 Å². The van der Waals surface area contributed by atoms with Crippen molar-refractivity contribution in [2.45, 2.75) is 76.4 Å². The van der Waals surface area contributed by atoms with Crippen LogP contribution >= 0.6 is 0 Å². The number of carbonyl (C=O) groups is 5. The summed E-state index contributed by atoms with van der Waals surface area (Å²) in [5.74, 6) is -1.32. The number of benzene rings is 2. The zero-order valence-electron chi connectivity index (χ0n) is 35.7. The Morgan fingerprint density at radius 2 is 1.38 bits per heavy atom. The number of nitriles is 1. The van der Waals surface area contributed by atoms with Crippen molar-refractivity contribution in [2.24, 2.45) is 17.3 Å². The molecule has 14 nitrogen and oxygen atoms in total. The molecule has 7 heterocycles. The fourth-order valence-corrected chi connectivity index (χ4v) is 10.7. The van der Waals surface area contributed by atoms with Crippen molar-refractivity contribution >= 4 is 52.4 Å². The zero-order chi connectivity index (χ0) is 44.8. The van der Waals surface area contributed by atoms with Gasteiger partial charge in [0.1, 0.15) is 11.9 Å². The van der Waals surface area contributed by atoms with Gasteiger partial charge in [0.05, 0.1) is 40.2 Å². The summed E-state index contributed by atoms with van der Waals surface area (Å²) in [6, 6.07) is 13.6. The predicted octanol–water partition coefficient (Wildman–Crippen LogP) is 5.83. The number of fused-ring (bicyclic) bond motifs is 1. The van der Waals surface area contributed by atoms with Crippen molar-refractivity contribution in [1.82, 2.24) is 20.1 Å². The number of aromatic nitrogens is 1. The minimum Gasteiger partial charge on any atom is -0.371 e. The molecular formula is C47H52F3N9O5. The number of halogens is 3. The largest absolute Gasteiger partial charge is 0.417 e. The maximum Gasteiger partial charge on any atom is 0.417 e. The number of alkyl halides is 3. The topological polar surface area (TPSA) is 162 Å². The Hall–Kier alpha value is -6.02. The number of imide groups is 2. The van der Waals surface area contributed by atoms with Gasteiger partial charge in [0, 0.05) is 69.5 Å². The predicted molar refractivity (Wildman–Crippen MR) is 232 cm³/mol. The average molecular weight is 880 g/mol. The molecule has 6 aliphatic rings. The molecule has 2 N–H and O–H groups in total. The summed E-state index contributed by atoms with van der Waals surface area (Å²) in [6.45, 7) is 7.74. The summed E-state index contributed by atoms with van der Waals surface area (Å²) >= 11 is 0. The molecule has 64 heavy (non-hydrogen) atoms. The molecule has 3 aromatic rings. The first-order chi connectivity index (χ1) is 30.8. The summed E-state index contributed by atoms with van der Waals surface area (Å²) in [6.07, 6.45) is 5.03. The monoisotopic (exact) mass is 879 g/mol. The summed E-state index contributed by atoms with van der Waals surface area (Å²) in [4.78, 5) is 78.5. The number of nitrogens with zero attached hydrogens (tertiary/aromatic N) is 7. The van der Waals surface area contributed by atoms with Crippen LogP contribution in [0.2, 0.25) is 0 Å². The first-order valence-corrected chi connectivity index (χ1v) is 22.5. The maximum atomic E-state index is 13.5. The van der Waals surface area contributed by atoms with Gasteiger partial charge < -0.3 is 24.9 Å². The van der Waals surface area contributed by atoms with E-state index < -0.39 is 47.0 Å². The van der Waals surface area contributed by atoms with E-state index in [9.17, 15) is 37.1 Å². The number of amides is 5. The Kier molecular flexibility index (Phi) is 11.8. The first kappa shape index (κ1) is 43.2. The molecule has 1 atom stereocenters. The van der Waals surface area contributed by atoms with Crippen molar-refractivity contribution in [1.29, 1.82) is 5.26 Å². The minimum atomic E-state index is -4.62. The van der Waals surface area contributed by atoms with Gasteiger partial charge in [0.25, 0.3) is 11.8 Å². The van der Waals surface area contributed by atoms with Gasteiger partial charge >= 0.3 is 6.18 Å². The minimum absolute atomic E-state index is 0.0885. The summed E-state index contributed by atoms with van der Waals surface area (Å²) in [5, 5.41) is 14.3. The number of anilines is 4. The third-order valence-electron chi connectivity index (χ3n) is 14.7. The Labute approximate surface area is 369 Å². The van der Waals surface area contributed by atoms with Crippen LogP contribution in [0.5, 0.6) is 0 Å². The zero-order valence-corrected chi connectivity index (χ0v) is 35.7. The molecular weight excluding hydrogens is 828 g/mol. The third-order valence-corrected chi connectivity index (χ3v) is 14.7. The quantitative estimate of drug-likeness (QED) is 0.262. The molecule has 5 fully saturated rings. The molecule has 0 bridgehead atoms. The van der Waals surface area contributed by atoms with Crippen molar-refractivity contribution in [3.05, 3.63) is 77.0 Å². The normalized spacial score (nSPS) is 22.4. The fourth-order valence-electron chi connectivity index (χ4n) is 10.7. The molecule has 0 radical (unpaired) electrons. The van der Waals surface area contributed by atoms with Crippen molar-refractivity contribution in [2.75, 3.05) is 78.9 Å². The van der Waals surface area contributed by atoms with Gasteiger partial charge in [-0.3, -0.25) is 34.2 Å². The lowest BCUT2D eigenvalue weighted by Crippen LogP contribution is -2.54. The highest BCUT2D eigenvalue weighted by molar-refractivity contribution is 6.23. The second-order valence-electron chi connectivity index (χ2n) is 18.4. The molecule has 17 heteroatoms. The SMILES string of the molecule is N#Cc1ccc(N2CCC(C(=O)Nc3ccc(N4CCC(CN5CCC6(CC5)CCN(c5ccc7c(c5)C(=O)N(C5CCC(=O)NC5=O)C7=O)CC6)CC4)cn3)CC2)cc1C(F)(F)F. The number of pyridine rings is 1. The van der Waals surface area contributed by atoms with Crippen LogP contribution in [-0.4, -0.2) is 109 Å². The van der Waals surface area contributed by atoms with Gasteiger partial charge in [-0.05, 0) is 131 Å². The van der Waals surface area contributed by atoms with E-state index in [1.807, 2.05) is 23.1 Å². The molecule has 336 valence electrons. The van der Waals surface area contributed by atoms with E-state index in [0.29, 0.717) is 59.9 Å². The number of likely N-dealkylation sites (tertiary alicyclic amines) is 1. The molecule has 0 aliphatic carbocycles. The Morgan fingerprint density at radius 3 is 2.03 bits per heavy atom. The van der Waals surface area contributed by atoms with Gasteiger partial charge in [-0.15, -0.1) is 0 Å². The van der Waals surface area contributed by atoms with E-state index >= 15 is 0 Å². The molecule has 1 spiro atoms. The van der Waals surface area contributed by atoms with Crippen LogP contribution in [0.4, 0.5) is 36.1 Å². The lowest BCUT2D eigenvalue weighted by Gasteiger charge is -2.48. The van der Waals surface area contributed by atoms with Gasteiger partial charge in [-0.2, -0.15) is 18.4 Å². The van der Waals surface area contributed by atoms with E-state index in [4.69, 9.17) is 5.26 Å². The van der Waals surface area contributed by atoms with Crippen molar-refractivity contribution in [3.63, 3.8) is 0 Å². The van der Waals surface area contributed by atoms with E-state index in [1.165, 1.54) is 12.1 Å². The molecule has 9 rings (SSSR count). The van der Waals surface area contributed by atoms with Crippen LogP contribution in [-0.2, 0) is 20.6 Å². The molecule has 6 aliphatic heterocycles. The van der Waals surface area contributed by atoms with Gasteiger partial charge in [-0.25, -0.2) is 4.98 Å². The highest BCUT2D eigenvalue weighted by Crippen LogP contribution is 2.43. The maximum absolute atomic E-state index is 13.5. The van der Waals surface area contributed by atoms with E-state index in [2.05, 4.69) is 30.3 Å². The lowest BCUT2D eigenvalue weighted by molar-refractivity contribution is -0.138. The molecule has 5 amide bonds. The van der Waals surface area contributed by atoms with Crippen molar-refractivity contribution in [3.8, 4) is 6.07 Å². The average Bonchev–Trinajstić information content (AvgIpc) is 3.55. The molecule has 5 saturated heterocycles. The summed E-state index contributed by atoms with van der Waals surface area (Å²) < 4.78 is 40.5. The van der Waals surface area contributed by atoms with Crippen LogP contribution in [0.3, 0.4) is 0 Å². The van der Waals surface area contributed by atoms with Gasteiger partial charge in [-0.1, -0.05) is 0 Å². The highest BCUT2D eigenvalue weighted by Gasteiger charge is 2.45. The molecule has 0 saturated carbocycles. The summed E-state index contributed by atoms with van der Waals surface area (Å²) in [7, 11) is 0. The number of carbonyl (C=O) groups excluding carboxylic acids is 5. The standard InChI is InChI=1S/C47H52F3N9O5/c48-47(49,50)38-26-34(2-1-32(38)27-51)56-19-11-31(12-20-56)42(61)53-40-7-4-35(28-52-40)57-17-9-30(10-18-57)29-55-21-13-46(14-22-55)15-23-58(24-16-46)33-3-5-36-37(25-33)45(64)59(44(36)63)39-6-8-41(60)54-43(39)62/h1-5,7,25-26,28,30-31,39H,6,8-24,29H2,(H,52,53,61)(H,54,60,62). The number of hydrogen-bond donors (Lipinski definition) is 2. The summed E-state index contributed by atoms with van der Waals surface area (Å²) in [5.41, 5.74) is 1.88. The Bertz CT molecular complexity index is 2350. The molecule has 1 unspecified atom stereocenters. The molecule has 1 aromatic heterocycles. The fraction of sp³-hybridized carbons (Fsp3) is 0.511. The highest BCUT2D eigenvalue weighted by atomic mass is 19.4. The van der Waals surface area contributed by atoms with E-state index in [0.717, 1.165) is 107 Å². The van der Waals surface area contributed by atoms with Crippen molar-refractivity contribution < 1.29 is 37.1 Å². The van der Waals surface area contributed by atoms with Crippen LogP contribution in [0.25, 0.3) is 0 Å². The van der Waals surface area contributed by atoms with Gasteiger partial charge in [0.2, 0.25) is 17.7 Å².